The third kappa shape index (κ3) is 2.03. The Hall–Kier alpha value is -2.09. The molecule has 1 aromatic heterocycles. The molecule has 1 aromatic rings. The highest BCUT2D eigenvalue weighted by Gasteiger charge is 2.43. The van der Waals surface area contributed by atoms with E-state index in [1.54, 1.807) is 17.7 Å². The summed E-state index contributed by atoms with van der Waals surface area (Å²) in [6.07, 6.45) is 0.453. The van der Waals surface area contributed by atoms with Crippen molar-refractivity contribution in [2.45, 2.75) is 31.8 Å². The molecule has 0 aromatic carbocycles. The number of ether oxygens (including phenoxy) is 3. The van der Waals surface area contributed by atoms with Gasteiger partial charge in [0.15, 0.2) is 0 Å². The van der Waals surface area contributed by atoms with E-state index < -0.39 is 12.2 Å². The molecule has 0 unspecified atom stereocenters. The van der Waals surface area contributed by atoms with Gasteiger partial charge in [0.2, 0.25) is 0 Å². The van der Waals surface area contributed by atoms with Crippen LogP contribution < -0.4 is 16.0 Å². The lowest BCUT2D eigenvalue weighted by Crippen LogP contribution is -2.35. The van der Waals surface area contributed by atoms with E-state index >= 15 is 0 Å². The van der Waals surface area contributed by atoms with E-state index in [0.29, 0.717) is 12.0 Å². The molecule has 19 heavy (non-hydrogen) atoms. The molecule has 8 heteroatoms. The van der Waals surface area contributed by atoms with Gasteiger partial charge in [0, 0.05) is 18.2 Å². The predicted molar refractivity (Wildman–Crippen MR) is 61.7 cm³/mol. The second kappa shape index (κ2) is 4.23. The molecule has 0 saturated carbocycles. The highest BCUT2D eigenvalue weighted by atomic mass is 16.6. The molecule has 3 heterocycles. The maximum atomic E-state index is 11.5. The van der Waals surface area contributed by atoms with Crippen LogP contribution in [-0.4, -0.2) is 34.5 Å². The predicted octanol–water partition coefficient (Wildman–Crippen LogP) is -0.304. The van der Waals surface area contributed by atoms with Crippen LogP contribution >= 0.6 is 0 Å². The number of carbonyl (C=O) groups is 1. The fourth-order valence-electron chi connectivity index (χ4n) is 2.29. The van der Waals surface area contributed by atoms with Crippen molar-refractivity contribution in [2.24, 2.45) is 5.73 Å². The Balaban J connectivity index is 1.83. The molecule has 8 nitrogen and oxygen atoms in total. The summed E-state index contributed by atoms with van der Waals surface area (Å²) >= 11 is 0. The zero-order valence-corrected chi connectivity index (χ0v) is 10.2. The smallest absolute Gasteiger partial charge is 0.404 e. The van der Waals surface area contributed by atoms with Crippen LogP contribution in [0.25, 0.3) is 0 Å². The van der Waals surface area contributed by atoms with E-state index in [1.165, 1.54) is 0 Å². The average Bonchev–Trinajstić information content (AvgIpc) is 2.68. The summed E-state index contributed by atoms with van der Waals surface area (Å²) in [4.78, 5) is 25.9. The van der Waals surface area contributed by atoms with Crippen molar-refractivity contribution in [3.05, 3.63) is 22.1 Å². The normalized spacial score (nSPS) is 27.5. The van der Waals surface area contributed by atoms with Crippen molar-refractivity contribution in [3.8, 4) is 6.01 Å². The minimum Gasteiger partial charge on any atom is -0.458 e. The van der Waals surface area contributed by atoms with Crippen LogP contribution in [0.15, 0.2) is 11.0 Å². The van der Waals surface area contributed by atoms with Crippen LogP contribution in [0.2, 0.25) is 0 Å². The maximum Gasteiger partial charge on any atom is 0.404 e. The molecule has 0 radical (unpaired) electrons. The number of nitrogens with two attached hydrogens (primary N) is 1. The molecule has 3 rings (SSSR count). The number of nitrogens with zero attached hydrogens (tertiary/aromatic N) is 2. The van der Waals surface area contributed by atoms with Gasteiger partial charge in [0.25, 0.3) is 5.56 Å². The van der Waals surface area contributed by atoms with Gasteiger partial charge in [-0.2, -0.15) is 4.98 Å². The lowest BCUT2D eigenvalue weighted by atomic mass is 10.1. The largest absolute Gasteiger partial charge is 0.458 e. The lowest BCUT2D eigenvalue weighted by Gasteiger charge is -2.23. The highest BCUT2D eigenvalue weighted by Crippen LogP contribution is 2.37. The molecular weight excluding hydrogens is 254 g/mol. The minimum absolute atomic E-state index is 0.0221. The molecule has 1 fully saturated rings. The Kier molecular flexibility index (Phi) is 2.67. The molecule has 2 bridgehead atoms. The van der Waals surface area contributed by atoms with Crippen molar-refractivity contribution in [1.82, 2.24) is 9.55 Å². The van der Waals surface area contributed by atoms with E-state index in [4.69, 9.17) is 19.9 Å². The molecule has 3 atom stereocenters. The van der Waals surface area contributed by atoms with Gasteiger partial charge < -0.3 is 19.9 Å². The van der Waals surface area contributed by atoms with Gasteiger partial charge in [0.1, 0.15) is 25.0 Å². The summed E-state index contributed by atoms with van der Waals surface area (Å²) in [5, 5.41) is 0. The Morgan fingerprint density at radius 3 is 3.21 bits per heavy atom. The van der Waals surface area contributed by atoms with Crippen molar-refractivity contribution in [1.29, 1.82) is 0 Å². The average molecular weight is 267 g/mol. The van der Waals surface area contributed by atoms with Crippen molar-refractivity contribution in [2.75, 3.05) is 6.61 Å². The van der Waals surface area contributed by atoms with Gasteiger partial charge in [-0.1, -0.05) is 0 Å². The standard InChI is InChI=1S/C11H13N3O5/c1-5-3-14-8-2-6(19-11(14)13-9(5)15)7(18-8)4-17-10(12)16/h3,6-8H,2,4H2,1H3,(H2,12,16)/t6-,7-,8-/m1/s1. The third-order valence-corrected chi connectivity index (χ3v) is 3.23. The van der Waals surface area contributed by atoms with Gasteiger partial charge in [-0.25, -0.2) is 4.79 Å². The van der Waals surface area contributed by atoms with Crippen molar-refractivity contribution >= 4 is 6.09 Å². The number of fused-ring (bicyclic) bond motifs is 4. The van der Waals surface area contributed by atoms with Gasteiger partial charge in [-0.05, 0) is 6.92 Å². The fraction of sp³-hybridized carbons (Fsp3) is 0.545. The van der Waals surface area contributed by atoms with Crippen LogP contribution in [0.5, 0.6) is 6.01 Å². The number of aryl methyl sites for hydroxylation is 1. The van der Waals surface area contributed by atoms with E-state index in [-0.39, 0.29) is 30.5 Å². The summed E-state index contributed by atoms with van der Waals surface area (Å²) in [6, 6.07) is 0.235. The minimum atomic E-state index is -0.856. The molecule has 2 aliphatic heterocycles. The monoisotopic (exact) mass is 267 g/mol. The number of rotatable bonds is 2. The SMILES string of the molecule is Cc1cn2c(nc1=O)O[C@@H]1C[C@H]2O[C@@H]1COC(N)=O. The van der Waals surface area contributed by atoms with Crippen LogP contribution in [0.4, 0.5) is 4.79 Å². The van der Waals surface area contributed by atoms with Crippen LogP contribution in [0.1, 0.15) is 18.2 Å². The molecule has 2 N–H and O–H groups in total. The zero-order chi connectivity index (χ0) is 13.6. The third-order valence-electron chi connectivity index (χ3n) is 3.23. The molecule has 0 spiro atoms. The lowest BCUT2D eigenvalue weighted by molar-refractivity contribution is -0.0277. The first kappa shape index (κ1) is 12.0. The van der Waals surface area contributed by atoms with Gasteiger partial charge in [-0.3, -0.25) is 9.36 Å². The van der Waals surface area contributed by atoms with Gasteiger partial charge in [-0.15, -0.1) is 0 Å². The second-order valence-corrected chi connectivity index (χ2v) is 4.57. The molecule has 2 aliphatic rings. The number of primary amides is 1. The van der Waals surface area contributed by atoms with Crippen molar-refractivity contribution < 1.29 is 19.0 Å². The highest BCUT2D eigenvalue weighted by molar-refractivity contribution is 5.64. The topological polar surface area (TPSA) is 106 Å². The van der Waals surface area contributed by atoms with Crippen molar-refractivity contribution in [3.63, 3.8) is 0 Å². The number of hydrogen-bond donors (Lipinski definition) is 1. The summed E-state index contributed by atoms with van der Waals surface area (Å²) in [7, 11) is 0. The quantitative estimate of drug-likeness (QED) is 0.788. The van der Waals surface area contributed by atoms with Crippen LogP contribution in [-0.2, 0) is 9.47 Å². The number of hydrogen-bond acceptors (Lipinski definition) is 6. The Morgan fingerprint density at radius 2 is 2.47 bits per heavy atom. The van der Waals surface area contributed by atoms with Crippen LogP contribution in [0, 0.1) is 6.92 Å². The summed E-state index contributed by atoms with van der Waals surface area (Å²) < 4.78 is 17.7. The zero-order valence-electron chi connectivity index (χ0n) is 10.2. The number of carbonyl (C=O) groups excluding carboxylic acids is 1. The number of aromatic nitrogens is 2. The van der Waals surface area contributed by atoms with Crippen LogP contribution in [0.3, 0.4) is 0 Å². The van der Waals surface area contributed by atoms with E-state index in [2.05, 4.69) is 4.98 Å². The molecule has 102 valence electrons. The summed E-state index contributed by atoms with van der Waals surface area (Å²) in [5.74, 6) is 0. The van der Waals surface area contributed by atoms with E-state index in [0.717, 1.165) is 0 Å². The van der Waals surface area contributed by atoms with Gasteiger partial charge >= 0.3 is 12.1 Å². The number of amides is 1. The first-order chi connectivity index (χ1) is 9.04. The Morgan fingerprint density at radius 1 is 1.68 bits per heavy atom. The maximum absolute atomic E-state index is 11.5. The van der Waals surface area contributed by atoms with Gasteiger partial charge in [0.05, 0.1) is 0 Å². The Labute approximate surface area is 108 Å². The second-order valence-electron chi connectivity index (χ2n) is 4.57. The first-order valence-electron chi connectivity index (χ1n) is 5.88. The fourth-order valence-corrected chi connectivity index (χ4v) is 2.29. The summed E-state index contributed by atoms with van der Waals surface area (Å²) in [5.41, 5.74) is 5.11. The molecule has 1 amide bonds. The van der Waals surface area contributed by atoms with E-state index in [1.807, 2.05) is 0 Å². The van der Waals surface area contributed by atoms with E-state index in [9.17, 15) is 9.59 Å². The molecule has 0 aliphatic carbocycles. The first-order valence-corrected chi connectivity index (χ1v) is 5.88. The Bertz CT molecular complexity index is 584. The molecule has 1 saturated heterocycles. The summed E-state index contributed by atoms with van der Waals surface area (Å²) in [6.45, 7) is 1.70. The molecular formula is C11H13N3O5.